The van der Waals surface area contributed by atoms with Crippen LogP contribution in [0.5, 0.6) is 5.75 Å². The van der Waals surface area contributed by atoms with Crippen molar-refractivity contribution in [3.63, 3.8) is 0 Å². The van der Waals surface area contributed by atoms with Crippen LogP contribution in [0, 0.1) is 0 Å². The van der Waals surface area contributed by atoms with Gasteiger partial charge in [-0.2, -0.15) is 0 Å². The SMILES string of the molecule is CC([NH])COc1ccccc1. The maximum Gasteiger partial charge on any atom is 0.119 e. The predicted molar refractivity (Wildman–Crippen MR) is 44.5 cm³/mol. The van der Waals surface area contributed by atoms with Crippen molar-refractivity contribution in [2.24, 2.45) is 0 Å². The first-order valence-corrected chi connectivity index (χ1v) is 3.68. The maximum atomic E-state index is 7.20. The third-order valence-electron chi connectivity index (χ3n) is 1.24. The Hall–Kier alpha value is -1.02. The van der Waals surface area contributed by atoms with E-state index in [-0.39, 0.29) is 6.04 Å². The van der Waals surface area contributed by atoms with Gasteiger partial charge in [-0.1, -0.05) is 18.2 Å². The van der Waals surface area contributed by atoms with E-state index in [1.165, 1.54) is 0 Å². The molecule has 0 aliphatic carbocycles. The minimum Gasteiger partial charge on any atom is -0.492 e. The van der Waals surface area contributed by atoms with Crippen LogP contribution in [-0.2, 0) is 0 Å². The molecule has 1 radical (unpaired) electrons. The van der Waals surface area contributed by atoms with Gasteiger partial charge in [-0.3, -0.25) is 5.73 Å². The Labute approximate surface area is 67.0 Å². The van der Waals surface area contributed by atoms with Gasteiger partial charge in [0.15, 0.2) is 0 Å². The molecule has 0 saturated carbocycles. The molecule has 0 saturated heterocycles. The summed E-state index contributed by atoms with van der Waals surface area (Å²) < 4.78 is 5.28. The lowest BCUT2D eigenvalue weighted by Gasteiger charge is -2.06. The Morgan fingerprint density at radius 2 is 2.00 bits per heavy atom. The molecule has 1 atom stereocenters. The summed E-state index contributed by atoms with van der Waals surface area (Å²) in [4.78, 5) is 0. The number of ether oxygens (including phenoxy) is 1. The Balaban J connectivity index is 2.39. The summed E-state index contributed by atoms with van der Waals surface area (Å²) in [6, 6.07) is 9.41. The lowest BCUT2D eigenvalue weighted by molar-refractivity contribution is 0.293. The molecule has 0 spiro atoms. The van der Waals surface area contributed by atoms with Gasteiger partial charge in [0.1, 0.15) is 12.4 Å². The summed E-state index contributed by atoms with van der Waals surface area (Å²) in [5, 5.41) is 0. The maximum absolute atomic E-state index is 7.20. The first kappa shape index (κ1) is 8.08. The van der Waals surface area contributed by atoms with Gasteiger partial charge in [0.25, 0.3) is 0 Å². The fraction of sp³-hybridized carbons (Fsp3) is 0.333. The van der Waals surface area contributed by atoms with Crippen LogP contribution in [-0.4, -0.2) is 12.6 Å². The molecule has 11 heavy (non-hydrogen) atoms. The van der Waals surface area contributed by atoms with Gasteiger partial charge in [-0.15, -0.1) is 0 Å². The quantitative estimate of drug-likeness (QED) is 0.646. The highest BCUT2D eigenvalue weighted by atomic mass is 16.5. The van der Waals surface area contributed by atoms with Crippen molar-refractivity contribution in [1.29, 1.82) is 0 Å². The van der Waals surface area contributed by atoms with Gasteiger partial charge in [-0.25, -0.2) is 0 Å². The van der Waals surface area contributed by atoms with Crippen LogP contribution in [0.3, 0.4) is 0 Å². The first-order valence-electron chi connectivity index (χ1n) is 3.68. The predicted octanol–water partition coefficient (Wildman–Crippen LogP) is 1.74. The van der Waals surface area contributed by atoms with E-state index in [1.807, 2.05) is 37.3 Å². The highest BCUT2D eigenvalue weighted by Crippen LogP contribution is 2.07. The molecule has 1 N–H and O–H groups in total. The Kier molecular flexibility index (Phi) is 2.93. The van der Waals surface area contributed by atoms with E-state index >= 15 is 0 Å². The second kappa shape index (κ2) is 3.98. The first-order chi connectivity index (χ1) is 5.29. The van der Waals surface area contributed by atoms with Crippen molar-refractivity contribution in [3.05, 3.63) is 30.3 Å². The normalized spacial score (nSPS) is 12.5. The summed E-state index contributed by atoms with van der Waals surface area (Å²) in [5.74, 6) is 0.839. The van der Waals surface area contributed by atoms with E-state index in [2.05, 4.69) is 0 Å². The van der Waals surface area contributed by atoms with Crippen LogP contribution in [0.4, 0.5) is 0 Å². The number of para-hydroxylation sites is 1. The minimum absolute atomic E-state index is 0.157. The summed E-state index contributed by atoms with van der Waals surface area (Å²) >= 11 is 0. The van der Waals surface area contributed by atoms with Gasteiger partial charge in [-0.05, 0) is 19.1 Å². The second-order valence-electron chi connectivity index (χ2n) is 2.53. The molecular formula is C9H12NO. The van der Waals surface area contributed by atoms with E-state index in [0.29, 0.717) is 6.61 Å². The fourth-order valence-corrected chi connectivity index (χ4v) is 0.738. The molecule has 0 amide bonds. The lowest BCUT2D eigenvalue weighted by atomic mass is 10.3. The van der Waals surface area contributed by atoms with Gasteiger partial charge >= 0.3 is 0 Å². The van der Waals surface area contributed by atoms with E-state index in [0.717, 1.165) is 5.75 Å². The van der Waals surface area contributed by atoms with Gasteiger partial charge in [0, 0.05) is 0 Å². The van der Waals surface area contributed by atoms with Crippen molar-refractivity contribution < 1.29 is 4.74 Å². The average Bonchev–Trinajstić information content (AvgIpc) is 2.03. The smallest absolute Gasteiger partial charge is 0.119 e. The minimum atomic E-state index is -0.157. The molecule has 0 aromatic heterocycles. The van der Waals surface area contributed by atoms with Crippen molar-refractivity contribution in [1.82, 2.24) is 5.73 Å². The summed E-state index contributed by atoms with van der Waals surface area (Å²) in [7, 11) is 0. The van der Waals surface area contributed by atoms with Crippen LogP contribution < -0.4 is 10.5 Å². The van der Waals surface area contributed by atoms with Crippen molar-refractivity contribution in [3.8, 4) is 5.75 Å². The largest absolute Gasteiger partial charge is 0.492 e. The fourth-order valence-electron chi connectivity index (χ4n) is 0.738. The van der Waals surface area contributed by atoms with Gasteiger partial charge in [0.05, 0.1) is 6.04 Å². The Bertz CT molecular complexity index is 196. The average molecular weight is 150 g/mol. The summed E-state index contributed by atoms with van der Waals surface area (Å²) in [6.45, 7) is 2.27. The van der Waals surface area contributed by atoms with E-state index in [1.54, 1.807) is 0 Å². The standard InChI is InChI=1S/C9H12NO/c1-8(10)7-11-9-5-3-2-4-6-9/h2-6,8,10H,7H2,1H3. The molecule has 2 heteroatoms. The van der Waals surface area contributed by atoms with Crippen LogP contribution >= 0.6 is 0 Å². The third-order valence-corrected chi connectivity index (χ3v) is 1.24. The zero-order valence-electron chi connectivity index (χ0n) is 6.58. The van der Waals surface area contributed by atoms with Crippen molar-refractivity contribution >= 4 is 0 Å². The monoisotopic (exact) mass is 150 g/mol. The zero-order chi connectivity index (χ0) is 8.10. The lowest BCUT2D eigenvalue weighted by Crippen LogP contribution is -2.14. The van der Waals surface area contributed by atoms with Gasteiger partial charge in [0.2, 0.25) is 0 Å². The summed E-state index contributed by atoms with van der Waals surface area (Å²) in [6.07, 6.45) is 0. The number of benzene rings is 1. The van der Waals surface area contributed by atoms with Crippen LogP contribution in [0.15, 0.2) is 30.3 Å². The molecule has 0 aliphatic rings. The highest BCUT2D eigenvalue weighted by Gasteiger charge is 1.94. The Morgan fingerprint density at radius 3 is 2.55 bits per heavy atom. The third kappa shape index (κ3) is 3.05. The number of rotatable bonds is 3. The molecule has 0 bridgehead atoms. The molecule has 1 unspecified atom stereocenters. The molecular weight excluding hydrogens is 138 g/mol. The molecule has 59 valence electrons. The second-order valence-corrected chi connectivity index (χ2v) is 2.53. The van der Waals surface area contributed by atoms with Crippen molar-refractivity contribution in [2.45, 2.75) is 13.0 Å². The van der Waals surface area contributed by atoms with Gasteiger partial charge < -0.3 is 4.74 Å². The van der Waals surface area contributed by atoms with Crippen LogP contribution in [0.2, 0.25) is 0 Å². The molecule has 2 nitrogen and oxygen atoms in total. The zero-order valence-corrected chi connectivity index (χ0v) is 6.58. The Morgan fingerprint density at radius 1 is 1.36 bits per heavy atom. The van der Waals surface area contributed by atoms with E-state index in [4.69, 9.17) is 10.5 Å². The topological polar surface area (TPSA) is 33.0 Å². The number of hydrogen-bond acceptors (Lipinski definition) is 1. The van der Waals surface area contributed by atoms with E-state index in [9.17, 15) is 0 Å². The van der Waals surface area contributed by atoms with Crippen LogP contribution in [0.25, 0.3) is 0 Å². The molecule has 1 aromatic carbocycles. The highest BCUT2D eigenvalue weighted by molar-refractivity contribution is 5.20. The molecule has 0 aliphatic heterocycles. The molecule has 0 fully saturated rings. The number of nitrogens with one attached hydrogen (secondary N) is 1. The number of hydrogen-bond donors (Lipinski definition) is 0. The molecule has 1 aromatic rings. The van der Waals surface area contributed by atoms with E-state index < -0.39 is 0 Å². The van der Waals surface area contributed by atoms with Crippen LogP contribution in [0.1, 0.15) is 6.92 Å². The molecule has 0 heterocycles. The summed E-state index contributed by atoms with van der Waals surface area (Å²) in [5.41, 5.74) is 7.20. The van der Waals surface area contributed by atoms with Crippen molar-refractivity contribution in [2.75, 3.05) is 6.61 Å². The molecule has 1 rings (SSSR count).